The maximum absolute atomic E-state index is 13.4. The minimum Gasteiger partial charge on any atom is -0.404 e. The minimum absolute atomic E-state index is 0.0420. The molecule has 3 saturated carbocycles. The lowest BCUT2D eigenvalue weighted by atomic mass is 9.43. The molecule has 4 aliphatic rings. The number of amides is 2. The van der Waals surface area contributed by atoms with Crippen LogP contribution in [0.4, 0.5) is 0 Å². The van der Waals surface area contributed by atoms with Crippen molar-refractivity contribution in [1.29, 1.82) is 0 Å². The number of nitrogens with one attached hydrogen (secondary N) is 3. The van der Waals surface area contributed by atoms with Crippen molar-refractivity contribution in [2.24, 2.45) is 39.6 Å². The first-order valence-corrected chi connectivity index (χ1v) is 13.0. The molecule has 0 unspecified atom stereocenters. The zero-order valence-corrected chi connectivity index (χ0v) is 22.2. The van der Waals surface area contributed by atoms with E-state index in [1.807, 2.05) is 0 Å². The molecule has 4 fully saturated rings. The average molecular weight is 492 g/mol. The summed E-state index contributed by atoms with van der Waals surface area (Å²) in [5.41, 5.74) is 11.1. The lowest BCUT2D eigenvalue weighted by Gasteiger charge is -2.64. The molecule has 0 aromatic heterocycles. The van der Waals surface area contributed by atoms with Crippen molar-refractivity contribution in [3.63, 3.8) is 0 Å². The van der Waals surface area contributed by atoms with Crippen LogP contribution in [0.25, 0.3) is 0 Å². The Labute approximate surface area is 210 Å². The molecule has 1 aliphatic heterocycles. The Bertz CT molecular complexity index is 809. The molecular weight excluding hydrogens is 447 g/mol. The summed E-state index contributed by atoms with van der Waals surface area (Å²) in [5, 5.41) is 8.87. The molecule has 3 aliphatic carbocycles. The first kappa shape index (κ1) is 27.7. The van der Waals surface area contributed by atoms with E-state index in [2.05, 4.69) is 55.6 Å². The lowest BCUT2D eigenvalue weighted by Crippen LogP contribution is -2.65. The molecule has 7 N–H and O–H groups in total. The first-order valence-electron chi connectivity index (χ1n) is 13.0. The summed E-state index contributed by atoms with van der Waals surface area (Å²) in [7, 11) is 1.09. The fraction of sp³-hybridized carbons (Fsp3) is 0.875. The van der Waals surface area contributed by atoms with E-state index in [9.17, 15) is 9.59 Å². The van der Waals surface area contributed by atoms with Gasteiger partial charge in [0.05, 0.1) is 24.2 Å². The first-order chi connectivity index (χ1) is 16.4. The molecule has 2 bridgehead atoms. The molecule has 11 heteroatoms. The third kappa shape index (κ3) is 5.94. The largest absolute Gasteiger partial charge is 0.481 e. The Balaban J connectivity index is 1.67. The van der Waals surface area contributed by atoms with Gasteiger partial charge in [-0.1, -0.05) is 27.7 Å². The normalized spacial score (nSPS) is 30.8. The summed E-state index contributed by atoms with van der Waals surface area (Å²) >= 11 is 0. The molecule has 10 nitrogen and oxygen atoms in total. The van der Waals surface area contributed by atoms with E-state index >= 15 is 0 Å². The molecule has 0 aromatic carbocycles. The fourth-order valence-electron chi connectivity index (χ4n) is 6.22. The highest BCUT2D eigenvalue weighted by molar-refractivity contribution is 6.47. The quantitative estimate of drug-likeness (QED) is 0.122. The molecule has 0 aromatic rings. The van der Waals surface area contributed by atoms with Gasteiger partial charge in [0.15, 0.2) is 5.96 Å². The third-order valence-electron chi connectivity index (χ3n) is 8.40. The summed E-state index contributed by atoms with van der Waals surface area (Å²) in [4.78, 5) is 29.2. The number of aliphatic imine (C=N–C) groups is 1. The number of guanidine groups is 1. The van der Waals surface area contributed by atoms with Gasteiger partial charge in [0.2, 0.25) is 11.8 Å². The minimum atomic E-state index is -0.715. The molecule has 35 heavy (non-hydrogen) atoms. The van der Waals surface area contributed by atoms with Gasteiger partial charge in [-0.25, -0.2) is 0 Å². The maximum atomic E-state index is 13.4. The van der Waals surface area contributed by atoms with E-state index in [0.717, 1.165) is 6.42 Å². The Morgan fingerprint density at radius 3 is 2.51 bits per heavy atom. The standard InChI is InChI=1S/C24H45BN6O4/c1-14(2)10-19(25-34-18-12-15-11-17(23(15,3)4)24(18,5)35-25)31-21(33)16(30-20(32)13-26)8-7-9-29-22(27)28-6/h14-19H,7-13,26H2,1-6H3,(H,30,32)(H,31,33)(H3,27,28,29)/t15-,16-,17-,18+,19-,24-/m0/s1. The molecule has 0 spiro atoms. The van der Waals surface area contributed by atoms with Crippen molar-refractivity contribution in [3.05, 3.63) is 0 Å². The van der Waals surface area contributed by atoms with Gasteiger partial charge in [0.1, 0.15) is 6.04 Å². The summed E-state index contributed by atoms with van der Waals surface area (Å²) < 4.78 is 13.1. The molecule has 6 atom stereocenters. The maximum Gasteiger partial charge on any atom is 0.481 e. The van der Waals surface area contributed by atoms with Gasteiger partial charge in [-0.05, 0) is 62.2 Å². The SMILES string of the molecule is CN=C(N)NCCC[C@H](NC(=O)CN)C(=O)N[C@@H](CC(C)C)B1O[C@@H]2C[C@@H]3C[C@@H](C3(C)C)[C@]2(C)O1. The highest BCUT2D eigenvalue weighted by Crippen LogP contribution is 2.65. The second kappa shape index (κ2) is 11.0. The van der Waals surface area contributed by atoms with Crippen LogP contribution in [0.2, 0.25) is 0 Å². The highest BCUT2D eigenvalue weighted by atomic mass is 16.7. The summed E-state index contributed by atoms with van der Waals surface area (Å²) in [6.45, 7) is 11.4. The third-order valence-corrected chi connectivity index (χ3v) is 8.40. The van der Waals surface area contributed by atoms with Crippen LogP contribution in [0.5, 0.6) is 0 Å². The molecule has 1 saturated heterocycles. The molecule has 1 heterocycles. The predicted octanol–water partition coefficient (Wildman–Crippen LogP) is 0.543. The van der Waals surface area contributed by atoms with Crippen LogP contribution in [-0.2, 0) is 18.9 Å². The van der Waals surface area contributed by atoms with Crippen LogP contribution in [0.1, 0.15) is 66.7 Å². The van der Waals surface area contributed by atoms with Crippen molar-refractivity contribution < 1.29 is 18.9 Å². The van der Waals surface area contributed by atoms with E-state index in [1.165, 1.54) is 6.42 Å². The van der Waals surface area contributed by atoms with Crippen LogP contribution in [0.15, 0.2) is 4.99 Å². The van der Waals surface area contributed by atoms with Crippen LogP contribution in [0, 0.1) is 23.2 Å². The zero-order valence-electron chi connectivity index (χ0n) is 22.2. The van der Waals surface area contributed by atoms with Crippen LogP contribution >= 0.6 is 0 Å². The Hall–Kier alpha value is -1.85. The van der Waals surface area contributed by atoms with Crippen LogP contribution < -0.4 is 27.4 Å². The van der Waals surface area contributed by atoms with Gasteiger partial charge >= 0.3 is 7.12 Å². The second-order valence-electron chi connectivity index (χ2n) is 11.6. The molecule has 2 amide bonds. The summed E-state index contributed by atoms with van der Waals surface area (Å²) in [5.74, 6) is 0.813. The summed E-state index contributed by atoms with van der Waals surface area (Å²) in [6, 6.07) is -0.715. The van der Waals surface area contributed by atoms with E-state index < -0.39 is 13.2 Å². The Kier molecular flexibility index (Phi) is 8.75. The van der Waals surface area contributed by atoms with Crippen molar-refractivity contribution in [1.82, 2.24) is 16.0 Å². The zero-order chi connectivity index (χ0) is 26.0. The van der Waals surface area contributed by atoms with E-state index in [-0.39, 0.29) is 41.4 Å². The number of carbonyl (C=O) groups excluding carboxylic acids is 2. The fourth-order valence-corrected chi connectivity index (χ4v) is 6.22. The molecule has 0 radical (unpaired) electrons. The second-order valence-corrected chi connectivity index (χ2v) is 11.6. The molecular formula is C24H45BN6O4. The number of nitrogens with zero attached hydrogens (tertiary/aromatic N) is 1. The smallest absolute Gasteiger partial charge is 0.404 e. The van der Waals surface area contributed by atoms with Gasteiger partial charge in [-0.3, -0.25) is 14.6 Å². The van der Waals surface area contributed by atoms with E-state index in [1.54, 1.807) is 7.05 Å². The van der Waals surface area contributed by atoms with Crippen molar-refractivity contribution >= 4 is 24.9 Å². The Morgan fingerprint density at radius 1 is 1.20 bits per heavy atom. The van der Waals surface area contributed by atoms with Crippen molar-refractivity contribution in [2.45, 2.75) is 90.4 Å². The van der Waals surface area contributed by atoms with Gasteiger partial charge in [-0.15, -0.1) is 0 Å². The van der Waals surface area contributed by atoms with E-state index in [4.69, 9.17) is 20.8 Å². The number of hydrogen-bond acceptors (Lipinski definition) is 6. The molecule has 4 rings (SSSR count). The number of hydrogen-bond donors (Lipinski definition) is 5. The Morgan fingerprint density at radius 2 is 1.91 bits per heavy atom. The van der Waals surface area contributed by atoms with Crippen molar-refractivity contribution in [2.75, 3.05) is 20.1 Å². The van der Waals surface area contributed by atoms with Gasteiger partial charge < -0.3 is 36.7 Å². The number of carbonyl (C=O) groups is 2. The van der Waals surface area contributed by atoms with Crippen LogP contribution in [-0.4, -0.2) is 68.7 Å². The average Bonchev–Trinajstić information content (AvgIpc) is 3.16. The monoisotopic (exact) mass is 492 g/mol. The molecule has 198 valence electrons. The van der Waals surface area contributed by atoms with Crippen molar-refractivity contribution in [3.8, 4) is 0 Å². The predicted molar refractivity (Wildman–Crippen MR) is 137 cm³/mol. The van der Waals surface area contributed by atoms with Gasteiger partial charge in [0, 0.05) is 13.6 Å². The van der Waals surface area contributed by atoms with Crippen LogP contribution in [0.3, 0.4) is 0 Å². The topological polar surface area (TPSA) is 153 Å². The number of rotatable bonds is 11. The van der Waals surface area contributed by atoms with Gasteiger partial charge in [0.25, 0.3) is 0 Å². The lowest BCUT2D eigenvalue weighted by molar-refractivity contribution is -0.199. The highest BCUT2D eigenvalue weighted by Gasteiger charge is 2.68. The summed E-state index contributed by atoms with van der Waals surface area (Å²) in [6.07, 6.45) is 3.96. The number of nitrogens with two attached hydrogens (primary N) is 2. The van der Waals surface area contributed by atoms with E-state index in [0.29, 0.717) is 49.5 Å². The van der Waals surface area contributed by atoms with Gasteiger partial charge in [-0.2, -0.15) is 0 Å².